The lowest BCUT2D eigenvalue weighted by Gasteiger charge is -2.16. The lowest BCUT2D eigenvalue weighted by atomic mass is 9.99. The highest BCUT2D eigenvalue weighted by Gasteiger charge is 2.26. The van der Waals surface area contributed by atoms with Crippen molar-refractivity contribution in [2.75, 3.05) is 11.6 Å². The number of nitrogens with two attached hydrogens (primary N) is 1. The maximum absolute atomic E-state index is 12.2. The molecule has 5 nitrogen and oxygen atoms in total. The third-order valence-electron chi connectivity index (χ3n) is 4.30. The Hall–Kier alpha value is -1.11. The van der Waals surface area contributed by atoms with E-state index in [0.717, 1.165) is 30.4 Å². The van der Waals surface area contributed by atoms with Crippen LogP contribution in [0.15, 0.2) is 18.2 Å². The summed E-state index contributed by atoms with van der Waals surface area (Å²) in [5, 5.41) is 2.89. The summed E-state index contributed by atoms with van der Waals surface area (Å²) in [6.07, 6.45) is 4.71. The van der Waals surface area contributed by atoms with Crippen LogP contribution in [-0.4, -0.2) is 26.6 Å². The van der Waals surface area contributed by atoms with Crippen LogP contribution in [0.3, 0.4) is 0 Å². The molecule has 0 aliphatic heterocycles. The molecule has 1 fully saturated rings. The first-order valence-corrected chi connectivity index (χ1v) is 9.64. The van der Waals surface area contributed by atoms with Gasteiger partial charge in [-0.15, -0.1) is 12.4 Å². The summed E-state index contributed by atoms with van der Waals surface area (Å²) in [4.78, 5) is 12.2. The summed E-state index contributed by atoms with van der Waals surface area (Å²) >= 11 is 0. The monoisotopic (exact) mass is 360 g/mol. The van der Waals surface area contributed by atoms with Crippen molar-refractivity contribution in [3.8, 4) is 0 Å². The van der Waals surface area contributed by atoms with Crippen molar-refractivity contribution in [3.05, 3.63) is 29.3 Å². The number of hydrogen-bond acceptors (Lipinski definition) is 4. The second-order valence-corrected chi connectivity index (χ2v) is 8.41. The van der Waals surface area contributed by atoms with Gasteiger partial charge in [-0.2, -0.15) is 0 Å². The maximum atomic E-state index is 12.2. The van der Waals surface area contributed by atoms with E-state index in [2.05, 4.69) is 5.32 Å². The van der Waals surface area contributed by atoms with Gasteiger partial charge in [-0.05, 0) is 42.9 Å². The minimum Gasteiger partial charge on any atom is -0.327 e. The second kappa shape index (κ2) is 8.13. The van der Waals surface area contributed by atoms with Crippen LogP contribution in [0.5, 0.6) is 0 Å². The molecule has 7 heteroatoms. The minimum absolute atomic E-state index is 0. The van der Waals surface area contributed by atoms with Crippen molar-refractivity contribution in [3.63, 3.8) is 0 Å². The second-order valence-electron chi connectivity index (χ2n) is 6.27. The molecule has 2 rings (SSSR count). The number of carbonyl (C=O) groups excluding carboxylic acids is 1. The van der Waals surface area contributed by atoms with E-state index in [1.54, 1.807) is 18.2 Å². The van der Waals surface area contributed by atoms with Gasteiger partial charge in [-0.3, -0.25) is 4.79 Å². The van der Waals surface area contributed by atoms with Crippen LogP contribution in [-0.2, 0) is 20.4 Å². The summed E-state index contributed by atoms with van der Waals surface area (Å²) in [7, 11) is -3.10. The number of rotatable bonds is 5. The predicted molar refractivity (Wildman–Crippen MR) is 95.5 cm³/mol. The fourth-order valence-electron chi connectivity index (χ4n) is 3.02. The molecule has 1 aromatic rings. The molecule has 1 aliphatic rings. The molecule has 0 radical (unpaired) electrons. The van der Waals surface area contributed by atoms with E-state index >= 15 is 0 Å². The zero-order chi connectivity index (χ0) is 16.3. The Morgan fingerprint density at radius 3 is 2.61 bits per heavy atom. The zero-order valence-electron chi connectivity index (χ0n) is 13.5. The Balaban J connectivity index is 0.00000264. The van der Waals surface area contributed by atoms with Crippen LogP contribution in [0.1, 0.15) is 36.8 Å². The van der Waals surface area contributed by atoms with Gasteiger partial charge in [-0.1, -0.05) is 18.6 Å². The topological polar surface area (TPSA) is 89.3 Å². The van der Waals surface area contributed by atoms with Gasteiger partial charge in [0.1, 0.15) is 0 Å². The fourth-order valence-corrected chi connectivity index (χ4v) is 3.89. The van der Waals surface area contributed by atoms with Gasteiger partial charge < -0.3 is 11.1 Å². The molecule has 0 aromatic heterocycles. The van der Waals surface area contributed by atoms with Gasteiger partial charge in [0.05, 0.1) is 5.75 Å². The summed E-state index contributed by atoms with van der Waals surface area (Å²) in [5.74, 6) is 0.178. The molecule has 2 atom stereocenters. The Labute approximate surface area is 144 Å². The first kappa shape index (κ1) is 19.9. The predicted octanol–water partition coefficient (Wildman–Crippen LogP) is 2.42. The van der Waals surface area contributed by atoms with Crippen LogP contribution >= 0.6 is 12.4 Å². The van der Waals surface area contributed by atoms with Gasteiger partial charge in [0, 0.05) is 24.4 Å². The Kier molecular flexibility index (Phi) is 7.04. The molecule has 130 valence electrons. The average Bonchev–Trinajstić information content (AvgIpc) is 2.78. The van der Waals surface area contributed by atoms with Crippen molar-refractivity contribution in [2.24, 2.45) is 11.7 Å². The molecule has 0 heterocycles. The summed E-state index contributed by atoms with van der Waals surface area (Å²) in [5.41, 5.74) is 8.20. The van der Waals surface area contributed by atoms with Crippen molar-refractivity contribution in [2.45, 2.75) is 44.4 Å². The van der Waals surface area contributed by atoms with E-state index < -0.39 is 9.84 Å². The molecule has 1 saturated carbocycles. The molecule has 0 bridgehead atoms. The van der Waals surface area contributed by atoms with Crippen LogP contribution in [0.4, 0.5) is 5.69 Å². The molecular formula is C16H25ClN2O3S. The van der Waals surface area contributed by atoms with Gasteiger partial charge in [-0.25, -0.2) is 8.42 Å². The molecule has 1 amide bonds. The lowest BCUT2D eigenvalue weighted by Crippen LogP contribution is -2.28. The third-order valence-corrected chi connectivity index (χ3v) is 5.14. The summed E-state index contributed by atoms with van der Waals surface area (Å²) in [6.45, 7) is 1.83. The number of anilines is 1. The maximum Gasteiger partial charge on any atom is 0.224 e. The molecule has 0 saturated heterocycles. The number of nitrogens with one attached hydrogen (secondary N) is 1. The summed E-state index contributed by atoms with van der Waals surface area (Å²) in [6, 6.07) is 5.46. The average molecular weight is 361 g/mol. The van der Waals surface area contributed by atoms with Crippen molar-refractivity contribution in [1.29, 1.82) is 0 Å². The minimum atomic E-state index is -3.10. The van der Waals surface area contributed by atoms with E-state index in [4.69, 9.17) is 5.73 Å². The van der Waals surface area contributed by atoms with Gasteiger partial charge in [0.15, 0.2) is 9.84 Å². The Morgan fingerprint density at radius 2 is 2.04 bits per heavy atom. The van der Waals surface area contributed by atoms with Crippen molar-refractivity contribution in [1.82, 2.24) is 0 Å². The van der Waals surface area contributed by atoms with E-state index in [1.165, 1.54) is 6.26 Å². The molecule has 0 unspecified atom stereocenters. The van der Waals surface area contributed by atoms with Crippen LogP contribution in [0.25, 0.3) is 0 Å². The highest BCUT2D eigenvalue weighted by atomic mass is 35.5. The van der Waals surface area contributed by atoms with Crippen LogP contribution in [0, 0.1) is 12.8 Å². The summed E-state index contributed by atoms with van der Waals surface area (Å²) < 4.78 is 22.9. The van der Waals surface area contributed by atoms with Gasteiger partial charge in [0.2, 0.25) is 5.91 Å². The highest BCUT2D eigenvalue weighted by molar-refractivity contribution is 7.89. The van der Waals surface area contributed by atoms with Crippen molar-refractivity contribution >= 4 is 33.8 Å². The molecule has 1 aliphatic carbocycles. The normalized spacial score (nSPS) is 20.8. The number of carbonyl (C=O) groups is 1. The smallest absolute Gasteiger partial charge is 0.224 e. The van der Waals surface area contributed by atoms with E-state index in [-0.39, 0.29) is 36.0 Å². The number of benzene rings is 1. The van der Waals surface area contributed by atoms with Crippen LogP contribution in [0.2, 0.25) is 0 Å². The zero-order valence-corrected chi connectivity index (χ0v) is 15.2. The van der Waals surface area contributed by atoms with Crippen LogP contribution < -0.4 is 11.1 Å². The number of halogens is 1. The third kappa shape index (κ3) is 5.79. The Bertz CT molecular complexity index is 661. The molecular weight excluding hydrogens is 336 g/mol. The largest absolute Gasteiger partial charge is 0.327 e. The quantitative estimate of drug-likeness (QED) is 0.843. The number of hydrogen-bond donors (Lipinski definition) is 2. The van der Waals surface area contributed by atoms with Gasteiger partial charge >= 0.3 is 0 Å². The number of sulfone groups is 1. The fraction of sp³-hybridized carbons (Fsp3) is 0.562. The molecule has 3 N–H and O–H groups in total. The first-order chi connectivity index (χ1) is 10.3. The van der Waals surface area contributed by atoms with Crippen molar-refractivity contribution < 1.29 is 13.2 Å². The van der Waals surface area contributed by atoms with E-state index in [1.807, 2.05) is 6.92 Å². The number of amides is 1. The highest BCUT2D eigenvalue weighted by Crippen LogP contribution is 2.28. The SMILES string of the molecule is Cc1c(CS(C)(=O)=O)cccc1NC(=O)C[C@@H]1CCC[C@H]1N.Cl. The van der Waals surface area contributed by atoms with E-state index in [0.29, 0.717) is 12.1 Å². The van der Waals surface area contributed by atoms with E-state index in [9.17, 15) is 13.2 Å². The van der Waals surface area contributed by atoms with Gasteiger partial charge in [0.25, 0.3) is 0 Å². The first-order valence-electron chi connectivity index (χ1n) is 7.58. The molecule has 23 heavy (non-hydrogen) atoms. The standard InChI is InChI=1S/C16H24N2O3S.ClH/c1-11-13(10-22(2,20)21)6-4-8-15(11)18-16(19)9-12-5-3-7-14(12)17;/h4,6,8,12,14H,3,5,7,9-10,17H2,1-2H3,(H,18,19);1H/t12-,14+;/m0./s1. The molecule has 0 spiro atoms. The molecule has 1 aromatic carbocycles. The lowest BCUT2D eigenvalue weighted by molar-refractivity contribution is -0.117. The Morgan fingerprint density at radius 1 is 1.35 bits per heavy atom.